The normalized spacial score (nSPS) is 26.3. The smallest absolute Gasteiger partial charge is 0.147 e. The first-order valence-electron chi connectivity index (χ1n) is 6.84. The maximum absolute atomic E-state index is 9.32. The van der Waals surface area contributed by atoms with Crippen LogP contribution in [-0.2, 0) is 0 Å². The van der Waals surface area contributed by atoms with Crippen LogP contribution in [0.1, 0.15) is 25.7 Å². The summed E-state index contributed by atoms with van der Waals surface area (Å²) in [4.78, 5) is 4.20. The van der Waals surface area contributed by atoms with Gasteiger partial charge in [-0.3, -0.25) is 0 Å². The molecule has 2 aliphatic rings. The molecule has 0 radical (unpaired) electrons. The summed E-state index contributed by atoms with van der Waals surface area (Å²) in [7, 11) is 3.00. The van der Waals surface area contributed by atoms with Crippen LogP contribution in [0.15, 0.2) is 0 Å². The van der Waals surface area contributed by atoms with Crippen LogP contribution in [0, 0.1) is 0 Å². The van der Waals surface area contributed by atoms with E-state index < -0.39 is 0 Å². The highest BCUT2D eigenvalue weighted by atomic mass is 33.1. The first-order valence-corrected chi connectivity index (χ1v) is 9.81. The quantitative estimate of drug-likeness (QED) is 0.577. The second-order valence-corrected chi connectivity index (χ2v) is 8.44. The molecule has 2 rings (SSSR count). The van der Waals surface area contributed by atoms with Crippen molar-refractivity contribution in [2.24, 2.45) is 0 Å². The van der Waals surface area contributed by atoms with Gasteiger partial charge in [-0.1, -0.05) is 24.4 Å². The van der Waals surface area contributed by atoms with Gasteiger partial charge in [0.2, 0.25) is 0 Å². The minimum atomic E-state index is 0.161. The predicted octanol–water partition coefficient (Wildman–Crippen LogP) is 1.85. The molecule has 2 atom stereocenters. The number of likely N-dealkylation sites (tertiary alicyclic amines) is 2. The molecular formula is C12H20N2O2S4. The fraction of sp³-hybridized carbons (Fsp3) is 0.833. The van der Waals surface area contributed by atoms with Gasteiger partial charge in [-0.25, -0.2) is 0 Å². The maximum Gasteiger partial charge on any atom is 0.147 e. The van der Waals surface area contributed by atoms with Crippen LogP contribution in [0.2, 0.25) is 0 Å². The number of aliphatic hydroxyl groups excluding tert-OH is 2. The number of aliphatic hydroxyl groups is 2. The van der Waals surface area contributed by atoms with Crippen LogP contribution < -0.4 is 0 Å². The minimum Gasteiger partial charge on any atom is -0.394 e. The molecule has 4 nitrogen and oxygen atoms in total. The average Bonchev–Trinajstić information content (AvgIpc) is 3.11. The molecule has 0 aliphatic carbocycles. The van der Waals surface area contributed by atoms with E-state index in [2.05, 4.69) is 9.80 Å². The van der Waals surface area contributed by atoms with E-state index in [1.165, 1.54) is 21.6 Å². The molecule has 0 spiro atoms. The Hall–Kier alpha value is 0.400. The SMILES string of the molecule is OC[C@H]1CCCN1C(=S)SSC(=S)N1CCC[C@@H]1CO. The second-order valence-electron chi connectivity index (χ2n) is 5.04. The summed E-state index contributed by atoms with van der Waals surface area (Å²) in [5, 5.41) is 18.6. The van der Waals surface area contributed by atoms with Crippen molar-refractivity contribution in [2.45, 2.75) is 37.8 Å². The number of rotatable bonds is 2. The van der Waals surface area contributed by atoms with Gasteiger partial charge in [-0.15, -0.1) is 0 Å². The molecule has 0 aromatic heterocycles. The molecule has 20 heavy (non-hydrogen) atoms. The van der Waals surface area contributed by atoms with Crippen molar-refractivity contribution in [1.82, 2.24) is 9.80 Å². The summed E-state index contributed by atoms with van der Waals surface area (Å²) in [5.74, 6) is 0. The van der Waals surface area contributed by atoms with Crippen LogP contribution in [0.25, 0.3) is 0 Å². The summed E-state index contributed by atoms with van der Waals surface area (Å²) in [6.45, 7) is 2.17. The van der Waals surface area contributed by atoms with Gasteiger partial charge >= 0.3 is 0 Å². The average molecular weight is 353 g/mol. The molecule has 0 saturated carbocycles. The molecule has 2 saturated heterocycles. The third kappa shape index (κ3) is 3.98. The van der Waals surface area contributed by atoms with E-state index in [4.69, 9.17) is 24.4 Å². The molecule has 2 N–H and O–H groups in total. The molecule has 0 bridgehead atoms. The van der Waals surface area contributed by atoms with Gasteiger partial charge in [0.25, 0.3) is 0 Å². The first-order chi connectivity index (χ1) is 9.67. The van der Waals surface area contributed by atoms with Gasteiger partial charge in [0, 0.05) is 13.1 Å². The summed E-state index contributed by atoms with van der Waals surface area (Å²) in [6, 6.07) is 0.335. The number of hydrogen-bond donors (Lipinski definition) is 2. The molecule has 0 amide bonds. The highest BCUT2D eigenvalue weighted by molar-refractivity contribution is 8.89. The fourth-order valence-corrected chi connectivity index (χ4v) is 5.61. The summed E-state index contributed by atoms with van der Waals surface area (Å²) in [5.41, 5.74) is 0. The van der Waals surface area contributed by atoms with Crippen molar-refractivity contribution < 1.29 is 10.2 Å². The lowest BCUT2D eigenvalue weighted by atomic mass is 10.2. The van der Waals surface area contributed by atoms with Gasteiger partial charge in [0.1, 0.15) is 8.64 Å². The zero-order valence-electron chi connectivity index (χ0n) is 11.2. The van der Waals surface area contributed by atoms with Gasteiger partial charge in [-0.05, 0) is 47.3 Å². The van der Waals surface area contributed by atoms with Crippen molar-refractivity contribution in [3.63, 3.8) is 0 Å². The second kappa shape index (κ2) is 8.14. The van der Waals surface area contributed by atoms with Gasteiger partial charge in [0.05, 0.1) is 25.3 Å². The Morgan fingerprint density at radius 1 is 0.900 bits per heavy atom. The maximum atomic E-state index is 9.32. The van der Waals surface area contributed by atoms with E-state index in [1.54, 1.807) is 0 Å². The van der Waals surface area contributed by atoms with E-state index in [1.807, 2.05) is 0 Å². The van der Waals surface area contributed by atoms with Gasteiger partial charge in [0.15, 0.2) is 0 Å². The highest BCUT2D eigenvalue weighted by Crippen LogP contribution is 2.33. The molecule has 2 fully saturated rings. The lowest BCUT2D eigenvalue weighted by Gasteiger charge is -2.27. The Morgan fingerprint density at radius 2 is 1.30 bits per heavy atom. The van der Waals surface area contributed by atoms with Crippen LogP contribution in [0.3, 0.4) is 0 Å². The minimum absolute atomic E-state index is 0.161. The van der Waals surface area contributed by atoms with Crippen LogP contribution in [-0.4, -0.2) is 67.0 Å². The van der Waals surface area contributed by atoms with Gasteiger partial charge in [-0.2, -0.15) is 0 Å². The molecule has 0 unspecified atom stereocenters. The Bertz CT molecular complexity index is 335. The summed E-state index contributed by atoms with van der Waals surface area (Å²) < 4.78 is 1.60. The number of thiocarbonyl (C=S) groups is 2. The lowest BCUT2D eigenvalue weighted by Crippen LogP contribution is -2.36. The van der Waals surface area contributed by atoms with Crippen molar-refractivity contribution in [3.05, 3.63) is 0 Å². The van der Waals surface area contributed by atoms with Crippen molar-refractivity contribution >= 4 is 54.7 Å². The fourth-order valence-electron chi connectivity index (χ4n) is 2.70. The monoisotopic (exact) mass is 352 g/mol. The van der Waals surface area contributed by atoms with E-state index in [0.29, 0.717) is 0 Å². The molecule has 2 heterocycles. The number of hydrogen-bond acceptors (Lipinski definition) is 6. The molecule has 2 aliphatic heterocycles. The molecule has 8 heteroatoms. The van der Waals surface area contributed by atoms with E-state index in [9.17, 15) is 10.2 Å². The third-order valence-corrected chi connectivity index (χ3v) is 7.47. The van der Waals surface area contributed by atoms with Crippen LogP contribution >= 0.6 is 46.0 Å². The summed E-state index contributed by atoms with van der Waals surface area (Å²) in [6.07, 6.45) is 4.18. The predicted molar refractivity (Wildman–Crippen MR) is 94.0 cm³/mol. The zero-order chi connectivity index (χ0) is 14.5. The van der Waals surface area contributed by atoms with Crippen molar-refractivity contribution in [3.8, 4) is 0 Å². The van der Waals surface area contributed by atoms with Crippen molar-refractivity contribution in [1.29, 1.82) is 0 Å². The Morgan fingerprint density at radius 3 is 1.65 bits per heavy atom. The van der Waals surface area contributed by atoms with E-state index in [-0.39, 0.29) is 25.3 Å². The Labute approximate surface area is 138 Å². The largest absolute Gasteiger partial charge is 0.394 e. The lowest BCUT2D eigenvalue weighted by molar-refractivity contribution is 0.211. The first kappa shape index (κ1) is 16.8. The van der Waals surface area contributed by atoms with Gasteiger partial charge < -0.3 is 20.0 Å². The standard InChI is InChI=1S/C12H20N2O2S4/c15-7-9-3-1-5-13(9)11(17)19-20-12(18)14-6-2-4-10(14)8-16/h9-10,15-16H,1-8H2/t9-,10-/m1/s1. The van der Waals surface area contributed by atoms with Crippen LogP contribution in [0.4, 0.5) is 0 Å². The number of nitrogens with zero attached hydrogens (tertiary/aromatic N) is 2. The molecule has 0 aromatic carbocycles. The Balaban J connectivity index is 1.79. The van der Waals surface area contributed by atoms with E-state index in [0.717, 1.165) is 47.4 Å². The highest BCUT2D eigenvalue weighted by Gasteiger charge is 2.29. The molecule has 0 aromatic rings. The Kier molecular flexibility index (Phi) is 6.83. The third-order valence-electron chi connectivity index (χ3n) is 3.83. The molecular weight excluding hydrogens is 332 g/mol. The summed E-state index contributed by atoms with van der Waals surface area (Å²) >= 11 is 10.9. The zero-order valence-corrected chi connectivity index (χ0v) is 14.5. The van der Waals surface area contributed by atoms with Crippen LogP contribution in [0.5, 0.6) is 0 Å². The molecule has 114 valence electrons. The van der Waals surface area contributed by atoms with E-state index >= 15 is 0 Å². The topological polar surface area (TPSA) is 46.9 Å². The van der Waals surface area contributed by atoms with Crippen molar-refractivity contribution in [2.75, 3.05) is 26.3 Å².